The third-order valence-corrected chi connectivity index (χ3v) is 7.46. The number of hydrogen-bond donors (Lipinski definition) is 0. The molecule has 1 aliphatic heterocycles. The first kappa shape index (κ1) is 21.4. The van der Waals surface area contributed by atoms with Gasteiger partial charge in [0, 0.05) is 19.2 Å². The molecule has 1 aromatic heterocycles. The lowest BCUT2D eigenvalue weighted by molar-refractivity contribution is -0.136. The van der Waals surface area contributed by atoms with E-state index in [0.717, 1.165) is 25.7 Å². The molecule has 1 aromatic carbocycles. The lowest BCUT2D eigenvalue weighted by Crippen LogP contribution is -2.31. The lowest BCUT2D eigenvalue weighted by Gasteiger charge is -2.19. The van der Waals surface area contributed by atoms with Gasteiger partial charge in [0.15, 0.2) is 6.61 Å². The number of benzene rings is 1. The maximum absolute atomic E-state index is 12.8. The number of carbonyl (C=O) groups is 2. The molecule has 0 bridgehead atoms. The summed E-state index contributed by atoms with van der Waals surface area (Å²) in [4.78, 5) is 24.4. The minimum atomic E-state index is -3.49. The van der Waals surface area contributed by atoms with Crippen LogP contribution in [0.3, 0.4) is 0 Å². The molecule has 2 aromatic rings. The monoisotopic (exact) mass is 433 g/mol. The van der Waals surface area contributed by atoms with Crippen LogP contribution in [-0.2, 0) is 19.6 Å². The second-order valence-corrected chi connectivity index (χ2v) is 9.61. The standard InChI is InChI=1S/C21H23NO5S2/c23-19(20-6-5-15-28-20)16-27-21(24)12-9-17-7-10-18(11-8-17)29(25,26)22-13-3-1-2-4-14-22/h5-12,15H,1-4,13-14,16H2/b12-9+. The molecule has 29 heavy (non-hydrogen) atoms. The van der Waals surface area contributed by atoms with Gasteiger partial charge >= 0.3 is 5.97 Å². The van der Waals surface area contributed by atoms with E-state index in [-0.39, 0.29) is 17.3 Å². The van der Waals surface area contributed by atoms with Crippen LogP contribution in [0.25, 0.3) is 6.08 Å². The van der Waals surface area contributed by atoms with E-state index in [2.05, 4.69) is 0 Å². The fraction of sp³-hybridized carbons (Fsp3) is 0.333. The molecule has 0 amide bonds. The lowest BCUT2D eigenvalue weighted by atomic mass is 10.2. The molecule has 1 aliphatic rings. The number of ketones is 1. The Bertz CT molecular complexity index is 955. The maximum atomic E-state index is 12.8. The van der Waals surface area contributed by atoms with Crippen molar-refractivity contribution in [1.82, 2.24) is 4.31 Å². The summed E-state index contributed by atoms with van der Waals surface area (Å²) in [5.74, 6) is -0.874. The Balaban J connectivity index is 1.56. The van der Waals surface area contributed by atoms with Gasteiger partial charge in [0.25, 0.3) is 0 Å². The largest absolute Gasteiger partial charge is 0.454 e. The van der Waals surface area contributed by atoms with Crippen LogP contribution in [0, 0.1) is 0 Å². The van der Waals surface area contributed by atoms with Gasteiger partial charge in [-0.2, -0.15) is 4.31 Å². The Labute approximate surface area is 174 Å². The fourth-order valence-corrected chi connectivity index (χ4v) is 5.21. The zero-order valence-electron chi connectivity index (χ0n) is 16.0. The van der Waals surface area contributed by atoms with Crippen LogP contribution in [0.4, 0.5) is 0 Å². The molecule has 1 fully saturated rings. The van der Waals surface area contributed by atoms with E-state index in [0.29, 0.717) is 23.5 Å². The van der Waals surface area contributed by atoms with Crippen molar-refractivity contribution in [3.05, 3.63) is 58.3 Å². The van der Waals surface area contributed by atoms with Gasteiger partial charge in [0.1, 0.15) is 0 Å². The minimum Gasteiger partial charge on any atom is -0.454 e. The van der Waals surface area contributed by atoms with Crippen LogP contribution in [0.5, 0.6) is 0 Å². The molecule has 154 valence electrons. The quantitative estimate of drug-likeness (QED) is 0.377. The van der Waals surface area contributed by atoms with E-state index < -0.39 is 16.0 Å². The van der Waals surface area contributed by atoms with E-state index in [1.54, 1.807) is 46.1 Å². The molecular formula is C21H23NO5S2. The molecule has 3 rings (SSSR count). The van der Waals surface area contributed by atoms with E-state index in [9.17, 15) is 18.0 Å². The molecule has 0 atom stereocenters. The van der Waals surface area contributed by atoms with Gasteiger partial charge in [-0.05, 0) is 48.1 Å². The first-order valence-electron chi connectivity index (χ1n) is 9.48. The summed E-state index contributed by atoms with van der Waals surface area (Å²) in [6, 6.07) is 9.82. The van der Waals surface area contributed by atoms with Gasteiger partial charge in [-0.3, -0.25) is 4.79 Å². The summed E-state index contributed by atoms with van der Waals surface area (Å²) in [7, 11) is -3.49. The Kier molecular flexibility index (Phi) is 7.35. The topological polar surface area (TPSA) is 80.8 Å². The van der Waals surface area contributed by atoms with Gasteiger partial charge in [-0.1, -0.05) is 31.0 Å². The van der Waals surface area contributed by atoms with Crippen LogP contribution in [0.15, 0.2) is 52.7 Å². The highest BCUT2D eigenvalue weighted by molar-refractivity contribution is 7.89. The smallest absolute Gasteiger partial charge is 0.331 e. The number of carbonyl (C=O) groups excluding carboxylic acids is 2. The van der Waals surface area contributed by atoms with Crippen molar-refractivity contribution in [2.24, 2.45) is 0 Å². The van der Waals surface area contributed by atoms with Crippen LogP contribution < -0.4 is 0 Å². The Morgan fingerprint density at radius 2 is 1.72 bits per heavy atom. The van der Waals surface area contributed by atoms with Gasteiger partial charge in [-0.25, -0.2) is 13.2 Å². The fourth-order valence-electron chi connectivity index (χ4n) is 3.04. The maximum Gasteiger partial charge on any atom is 0.331 e. The second kappa shape index (κ2) is 9.96. The molecule has 0 aliphatic carbocycles. The predicted octanol–water partition coefficient (Wildman–Crippen LogP) is 3.75. The highest BCUT2D eigenvalue weighted by atomic mass is 32.2. The van der Waals surface area contributed by atoms with E-state index in [1.165, 1.54) is 23.5 Å². The van der Waals surface area contributed by atoms with Gasteiger partial charge in [0.05, 0.1) is 9.77 Å². The number of hydrogen-bond acceptors (Lipinski definition) is 6. The molecule has 8 heteroatoms. The Morgan fingerprint density at radius 1 is 1.03 bits per heavy atom. The first-order valence-corrected chi connectivity index (χ1v) is 11.8. The summed E-state index contributed by atoms with van der Waals surface area (Å²) in [5, 5.41) is 1.78. The summed E-state index contributed by atoms with van der Waals surface area (Å²) in [6.07, 6.45) is 6.64. The van der Waals surface area contributed by atoms with Gasteiger partial charge < -0.3 is 4.74 Å². The molecule has 0 spiro atoms. The van der Waals surface area contributed by atoms with E-state index >= 15 is 0 Å². The van der Waals surface area contributed by atoms with Crippen molar-refractivity contribution in [3.8, 4) is 0 Å². The average Bonchev–Trinajstić information content (AvgIpc) is 3.12. The highest BCUT2D eigenvalue weighted by Crippen LogP contribution is 2.21. The van der Waals surface area contributed by atoms with Gasteiger partial charge in [-0.15, -0.1) is 11.3 Å². The van der Waals surface area contributed by atoms with E-state index in [4.69, 9.17) is 4.74 Å². The Hall–Kier alpha value is -2.29. The summed E-state index contributed by atoms with van der Waals surface area (Å²) >= 11 is 1.30. The number of rotatable bonds is 7. The van der Waals surface area contributed by atoms with Crippen molar-refractivity contribution in [2.75, 3.05) is 19.7 Å². The van der Waals surface area contributed by atoms with Crippen LogP contribution in [0.1, 0.15) is 40.9 Å². The Morgan fingerprint density at radius 3 is 2.34 bits per heavy atom. The number of nitrogens with zero attached hydrogens (tertiary/aromatic N) is 1. The van der Waals surface area contributed by atoms with Crippen molar-refractivity contribution in [3.63, 3.8) is 0 Å². The number of sulfonamides is 1. The van der Waals surface area contributed by atoms with Crippen LogP contribution >= 0.6 is 11.3 Å². The number of esters is 1. The summed E-state index contributed by atoms with van der Waals surface area (Å²) in [5.41, 5.74) is 0.668. The predicted molar refractivity (Wildman–Crippen MR) is 112 cm³/mol. The first-order chi connectivity index (χ1) is 14.0. The molecule has 0 saturated carbocycles. The van der Waals surface area contributed by atoms with Crippen molar-refractivity contribution in [1.29, 1.82) is 0 Å². The number of thiophene rings is 1. The van der Waals surface area contributed by atoms with Gasteiger partial charge in [0.2, 0.25) is 15.8 Å². The molecule has 0 radical (unpaired) electrons. The zero-order valence-corrected chi connectivity index (χ0v) is 17.6. The van der Waals surface area contributed by atoms with E-state index in [1.807, 2.05) is 0 Å². The zero-order chi connectivity index (χ0) is 20.7. The third kappa shape index (κ3) is 5.85. The molecule has 6 nitrogen and oxygen atoms in total. The average molecular weight is 434 g/mol. The number of ether oxygens (including phenoxy) is 1. The molecule has 0 unspecified atom stereocenters. The molecular weight excluding hydrogens is 410 g/mol. The number of Topliss-reactive ketones (excluding diaryl/α,β-unsaturated/α-hetero) is 1. The molecule has 2 heterocycles. The minimum absolute atomic E-state index is 0.246. The van der Waals surface area contributed by atoms with Crippen molar-refractivity contribution >= 4 is 39.2 Å². The molecule has 0 N–H and O–H groups in total. The third-order valence-electron chi connectivity index (χ3n) is 4.64. The summed E-state index contributed by atoms with van der Waals surface area (Å²) in [6.45, 7) is 0.802. The van der Waals surface area contributed by atoms with Crippen LogP contribution in [-0.4, -0.2) is 44.2 Å². The second-order valence-electron chi connectivity index (χ2n) is 6.73. The van der Waals surface area contributed by atoms with Crippen LogP contribution in [0.2, 0.25) is 0 Å². The van der Waals surface area contributed by atoms with Crippen molar-refractivity contribution in [2.45, 2.75) is 30.6 Å². The van der Waals surface area contributed by atoms with Crippen molar-refractivity contribution < 1.29 is 22.7 Å². The summed E-state index contributed by atoms with van der Waals surface area (Å²) < 4.78 is 32.0. The highest BCUT2D eigenvalue weighted by Gasteiger charge is 2.24. The normalized spacial score (nSPS) is 15.9. The SMILES string of the molecule is O=C(/C=C/c1ccc(S(=O)(=O)N2CCCCCC2)cc1)OCC(=O)c1cccs1. The molecule has 1 saturated heterocycles.